The lowest BCUT2D eigenvalue weighted by molar-refractivity contribution is -0.206. The maximum atomic E-state index is 12.4. The fraction of sp³-hybridized carbons (Fsp3) is 0.500. The first-order chi connectivity index (χ1) is 18.9. The molecule has 0 bridgehead atoms. The number of carbonyl (C=O) groups is 1. The highest BCUT2D eigenvalue weighted by atomic mass is 35.5. The first kappa shape index (κ1) is 24.9. The van der Waals surface area contributed by atoms with Gasteiger partial charge < -0.3 is 24.2 Å². The molecule has 1 aromatic heterocycles. The van der Waals surface area contributed by atoms with E-state index < -0.39 is 5.41 Å². The van der Waals surface area contributed by atoms with Gasteiger partial charge in [-0.25, -0.2) is 0 Å². The highest BCUT2D eigenvalue weighted by Gasteiger charge is 2.57. The molecule has 39 heavy (non-hydrogen) atoms. The lowest BCUT2D eigenvalue weighted by atomic mass is 9.74. The number of likely N-dealkylation sites (tertiary alicyclic amines) is 1. The van der Waals surface area contributed by atoms with Crippen LogP contribution in [0.25, 0.3) is 10.8 Å². The Kier molecular flexibility index (Phi) is 6.08. The summed E-state index contributed by atoms with van der Waals surface area (Å²) in [6, 6.07) is 13.2. The van der Waals surface area contributed by atoms with Crippen LogP contribution in [0.15, 0.2) is 36.4 Å². The van der Waals surface area contributed by atoms with E-state index in [4.69, 9.17) is 31.0 Å². The summed E-state index contributed by atoms with van der Waals surface area (Å²) < 4.78 is 11.7. The zero-order valence-electron chi connectivity index (χ0n) is 22.5. The molecule has 0 N–H and O–H groups in total. The standard InChI is InChI=1S/C30H34ClN5O3/c1-30-18-36(15-12-25(30)39-28(30)37)27-21-11-14-35(24-10-4-7-19-6-3-9-22(31)26(19)24)16-23(21)32-29(33-27)38-17-20-8-5-13-34(20)2/h3-4,6-7,9-10,20,25H,5,8,11-18H2,1-2H3. The van der Waals surface area contributed by atoms with E-state index in [1.807, 2.05) is 19.1 Å². The van der Waals surface area contributed by atoms with Crippen molar-refractivity contribution in [2.45, 2.75) is 51.3 Å². The van der Waals surface area contributed by atoms with Crippen molar-refractivity contribution in [1.29, 1.82) is 0 Å². The van der Waals surface area contributed by atoms with Crippen molar-refractivity contribution in [2.24, 2.45) is 5.41 Å². The number of anilines is 2. The average Bonchev–Trinajstić information content (AvgIpc) is 3.36. The number of piperidine rings is 1. The van der Waals surface area contributed by atoms with Gasteiger partial charge in [-0.3, -0.25) is 4.79 Å². The van der Waals surface area contributed by atoms with Crippen molar-refractivity contribution in [3.63, 3.8) is 0 Å². The van der Waals surface area contributed by atoms with E-state index >= 15 is 0 Å². The smallest absolute Gasteiger partial charge is 0.318 e. The number of nitrogens with zero attached hydrogens (tertiary/aromatic N) is 5. The Bertz CT molecular complexity index is 1440. The van der Waals surface area contributed by atoms with Crippen molar-refractivity contribution in [2.75, 3.05) is 49.6 Å². The van der Waals surface area contributed by atoms with Crippen LogP contribution in [-0.4, -0.2) is 72.8 Å². The highest BCUT2D eigenvalue weighted by Crippen LogP contribution is 2.44. The molecule has 3 atom stereocenters. The van der Waals surface area contributed by atoms with Gasteiger partial charge in [0, 0.05) is 48.7 Å². The maximum Gasteiger partial charge on any atom is 0.318 e. The van der Waals surface area contributed by atoms with E-state index in [1.54, 1.807) is 0 Å². The Balaban J connectivity index is 1.24. The molecule has 0 spiro atoms. The number of likely N-dealkylation sites (N-methyl/N-ethyl adjacent to an activating group) is 1. The van der Waals surface area contributed by atoms with Crippen LogP contribution < -0.4 is 14.5 Å². The molecule has 0 aliphatic carbocycles. The van der Waals surface area contributed by atoms with Gasteiger partial charge in [0.2, 0.25) is 0 Å². The molecule has 3 fully saturated rings. The van der Waals surface area contributed by atoms with Crippen LogP contribution in [0.2, 0.25) is 5.02 Å². The van der Waals surface area contributed by atoms with Gasteiger partial charge in [0.25, 0.3) is 0 Å². The largest absolute Gasteiger partial charge is 0.462 e. The van der Waals surface area contributed by atoms with Gasteiger partial charge in [-0.2, -0.15) is 9.97 Å². The van der Waals surface area contributed by atoms with Crippen molar-refractivity contribution in [1.82, 2.24) is 14.9 Å². The molecule has 3 unspecified atom stereocenters. The second-order valence-electron chi connectivity index (χ2n) is 11.7. The van der Waals surface area contributed by atoms with Crippen molar-refractivity contribution in [3.8, 4) is 6.01 Å². The summed E-state index contributed by atoms with van der Waals surface area (Å²) in [6.07, 6.45) is 3.92. The average molecular weight is 548 g/mol. The van der Waals surface area contributed by atoms with E-state index in [9.17, 15) is 4.79 Å². The van der Waals surface area contributed by atoms with Crippen molar-refractivity contribution < 1.29 is 14.3 Å². The Hall–Kier alpha value is -3.10. The Labute approximate surface area is 233 Å². The highest BCUT2D eigenvalue weighted by molar-refractivity contribution is 6.36. The fourth-order valence-corrected chi connectivity index (χ4v) is 7.04. The van der Waals surface area contributed by atoms with Crippen LogP contribution in [-0.2, 0) is 22.5 Å². The van der Waals surface area contributed by atoms with E-state index in [1.165, 1.54) is 6.42 Å². The van der Waals surface area contributed by atoms with E-state index in [2.05, 4.69) is 46.0 Å². The number of carbonyl (C=O) groups excluding carboxylic acids is 1. The second-order valence-corrected chi connectivity index (χ2v) is 12.1. The third-order valence-corrected chi connectivity index (χ3v) is 9.49. The quantitative estimate of drug-likeness (QED) is 0.434. The van der Waals surface area contributed by atoms with Gasteiger partial charge in [-0.1, -0.05) is 35.9 Å². The monoisotopic (exact) mass is 547 g/mol. The summed E-state index contributed by atoms with van der Waals surface area (Å²) in [7, 11) is 2.15. The number of rotatable bonds is 5. The molecule has 5 heterocycles. The molecule has 0 radical (unpaired) electrons. The number of aromatic nitrogens is 2. The number of ether oxygens (including phenoxy) is 2. The topological polar surface area (TPSA) is 71.0 Å². The fourth-order valence-electron chi connectivity index (χ4n) is 6.76. The summed E-state index contributed by atoms with van der Waals surface area (Å²) in [6.45, 7) is 6.56. The molecule has 3 aromatic rings. The molecular formula is C30H34ClN5O3. The number of benzene rings is 2. The van der Waals surface area contributed by atoms with Crippen LogP contribution in [0.4, 0.5) is 11.5 Å². The van der Waals surface area contributed by atoms with Gasteiger partial charge in [-0.05, 0) is 57.3 Å². The van der Waals surface area contributed by atoms with Gasteiger partial charge in [-0.15, -0.1) is 0 Å². The normalized spacial score (nSPS) is 26.7. The number of halogens is 1. The first-order valence-corrected chi connectivity index (χ1v) is 14.4. The summed E-state index contributed by atoms with van der Waals surface area (Å²) in [5.41, 5.74) is 2.76. The minimum absolute atomic E-state index is 0.000797. The predicted molar refractivity (Wildman–Crippen MR) is 152 cm³/mol. The van der Waals surface area contributed by atoms with Crippen molar-refractivity contribution >= 4 is 39.8 Å². The van der Waals surface area contributed by atoms with Gasteiger partial charge in [0.1, 0.15) is 23.9 Å². The van der Waals surface area contributed by atoms with Crippen LogP contribution in [0.1, 0.15) is 37.4 Å². The minimum Gasteiger partial charge on any atom is -0.462 e. The Morgan fingerprint density at radius 2 is 1.95 bits per heavy atom. The second kappa shape index (κ2) is 9.52. The molecule has 0 amide bonds. The molecule has 9 heteroatoms. The summed E-state index contributed by atoms with van der Waals surface area (Å²) in [5, 5.41) is 2.95. The Morgan fingerprint density at radius 3 is 2.74 bits per heavy atom. The van der Waals surface area contributed by atoms with E-state index in [0.29, 0.717) is 31.7 Å². The van der Waals surface area contributed by atoms with E-state index in [0.717, 1.165) is 77.5 Å². The number of hydrogen-bond acceptors (Lipinski definition) is 8. The summed E-state index contributed by atoms with van der Waals surface area (Å²) >= 11 is 6.68. The van der Waals surface area contributed by atoms with Crippen LogP contribution in [0, 0.1) is 5.41 Å². The van der Waals surface area contributed by atoms with E-state index in [-0.39, 0.29) is 12.1 Å². The third kappa shape index (κ3) is 4.19. The summed E-state index contributed by atoms with van der Waals surface area (Å²) in [5.74, 6) is 0.796. The summed E-state index contributed by atoms with van der Waals surface area (Å²) in [4.78, 5) is 29.3. The number of fused-ring (bicyclic) bond motifs is 3. The van der Waals surface area contributed by atoms with Crippen molar-refractivity contribution in [3.05, 3.63) is 52.7 Å². The maximum absolute atomic E-state index is 12.4. The predicted octanol–water partition coefficient (Wildman–Crippen LogP) is 4.46. The van der Waals surface area contributed by atoms with Crippen LogP contribution in [0.5, 0.6) is 6.01 Å². The molecule has 7 rings (SSSR count). The zero-order chi connectivity index (χ0) is 26.7. The number of esters is 1. The van der Waals surface area contributed by atoms with Gasteiger partial charge >= 0.3 is 12.0 Å². The lowest BCUT2D eigenvalue weighted by Crippen LogP contribution is -2.64. The van der Waals surface area contributed by atoms with Gasteiger partial charge in [0.15, 0.2) is 0 Å². The molecule has 2 aromatic carbocycles. The molecule has 8 nitrogen and oxygen atoms in total. The molecular weight excluding hydrogens is 514 g/mol. The zero-order valence-corrected chi connectivity index (χ0v) is 23.3. The van der Waals surface area contributed by atoms with Crippen LogP contribution in [0.3, 0.4) is 0 Å². The molecule has 0 saturated carbocycles. The third-order valence-electron chi connectivity index (χ3n) is 9.18. The number of hydrogen-bond donors (Lipinski definition) is 0. The minimum atomic E-state index is -0.482. The Morgan fingerprint density at radius 1 is 1.10 bits per heavy atom. The molecule has 3 saturated heterocycles. The molecule has 204 valence electrons. The molecule has 4 aliphatic heterocycles. The van der Waals surface area contributed by atoms with Gasteiger partial charge in [0.05, 0.1) is 17.3 Å². The van der Waals surface area contributed by atoms with Crippen LogP contribution >= 0.6 is 11.6 Å². The molecule has 4 aliphatic rings. The lowest BCUT2D eigenvalue weighted by Gasteiger charge is -2.51. The first-order valence-electron chi connectivity index (χ1n) is 14.0. The SMILES string of the molecule is CN1CCCC1COc1nc2c(c(N3CCC4OC(=O)C4(C)C3)n1)CCN(c1cccc3cccc(Cl)c13)C2.